The highest BCUT2D eigenvalue weighted by atomic mass is 31.3. The first kappa shape index (κ1) is 23.7. The van der Waals surface area contributed by atoms with E-state index >= 15 is 0 Å². The van der Waals surface area contributed by atoms with Gasteiger partial charge in [0, 0.05) is 6.20 Å². The molecule has 0 spiro atoms. The van der Waals surface area contributed by atoms with Gasteiger partial charge in [-0.05, 0) is 5.56 Å². The molecule has 0 bridgehead atoms. The quantitative estimate of drug-likeness (QED) is 0.264. The van der Waals surface area contributed by atoms with Gasteiger partial charge in [0.15, 0.2) is 6.23 Å². The number of aromatic amines is 1. The summed E-state index contributed by atoms with van der Waals surface area (Å²) in [7, 11) is -10.6. The summed E-state index contributed by atoms with van der Waals surface area (Å²) in [6.07, 6.45) is -5.33. The van der Waals surface area contributed by atoms with E-state index in [1.54, 1.807) is 30.3 Å². The summed E-state index contributed by atoms with van der Waals surface area (Å²) in [6, 6.07) is 8.26. The SMILES string of the molecule is O=c1[nH]c(=O)n([C@@H]2O[C@H](COP(=O)(O)OP(=O)(O)O)[C@@H](O)[C@H]2O)cc1-c1ccccc1. The molecule has 0 aliphatic carbocycles. The maximum absolute atomic E-state index is 12.3. The molecular weight excluding hydrogens is 462 g/mol. The molecule has 1 fully saturated rings. The Bertz CT molecular complexity index is 1140. The van der Waals surface area contributed by atoms with Gasteiger partial charge in [0.2, 0.25) is 0 Å². The molecule has 1 aromatic heterocycles. The van der Waals surface area contributed by atoms with E-state index in [-0.39, 0.29) is 5.56 Å². The van der Waals surface area contributed by atoms with Gasteiger partial charge in [-0.25, -0.2) is 13.9 Å². The molecule has 0 radical (unpaired) electrons. The van der Waals surface area contributed by atoms with Crippen molar-refractivity contribution in [1.29, 1.82) is 0 Å². The largest absolute Gasteiger partial charge is 0.481 e. The lowest BCUT2D eigenvalue weighted by Crippen LogP contribution is -2.38. The lowest BCUT2D eigenvalue weighted by atomic mass is 10.1. The van der Waals surface area contributed by atoms with E-state index in [1.165, 1.54) is 0 Å². The lowest BCUT2D eigenvalue weighted by molar-refractivity contribution is -0.0541. The van der Waals surface area contributed by atoms with E-state index in [0.29, 0.717) is 5.56 Å². The molecule has 2 aromatic rings. The van der Waals surface area contributed by atoms with Gasteiger partial charge in [0.05, 0.1) is 12.2 Å². The molecule has 1 aliphatic rings. The molecule has 1 aliphatic heterocycles. The number of aliphatic hydroxyl groups excluding tert-OH is 2. The second-order valence-corrected chi connectivity index (χ2v) is 9.29. The van der Waals surface area contributed by atoms with Crippen molar-refractivity contribution in [2.24, 2.45) is 0 Å². The first-order valence-electron chi connectivity index (χ1n) is 8.55. The van der Waals surface area contributed by atoms with Crippen molar-refractivity contribution >= 4 is 15.6 Å². The molecule has 14 nitrogen and oxygen atoms in total. The standard InChI is InChI=1S/C15H18N2O12P2/c18-11-10(7-27-31(25,26)29-30(22,23)24)28-14(12(11)19)17-6-9(13(20)16-15(17)21)8-4-2-1-3-5-8/h1-6,10-12,14,18-19H,7H2,(H,25,26)(H,16,20,21)(H2,22,23,24)/t10-,11-,12-,14-/m1/s1. The van der Waals surface area contributed by atoms with Gasteiger partial charge in [0.1, 0.15) is 18.3 Å². The van der Waals surface area contributed by atoms with E-state index in [1.807, 2.05) is 0 Å². The third-order valence-corrected chi connectivity index (χ3v) is 6.43. The molecule has 1 saturated heterocycles. The van der Waals surface area contributed by atoms with Crippen molar-refractivity contribution in [3.05, 3.63) is 57.4 Å². The van der Waals surface area contributed by atoms with Crippen LogP contribution in [-0.2, 0) is 22.7 Å². The van der Waals surface area contributed by atoms with Gasteiger partial charge in [-0.1, -0.05) is 30.3 Å². The van der Waals surface area contributed by atoms with E-state index in [2.05, 4.69) is 13.8 Å². The Morgan fingerprint density at radius 3 is 2.32 bits per heavy atom. The van der Waals surface area contributed by atoms with Crippen molar-refractivity contribution in [3.8, 4) is 11.1 Å². The van der Waals surface area contributed by atoms with Crippen LogP contribution in [0, 0.1) is 0 Å². The fourth-order valence-electron chi connectivity index (χ4n) is 2.92. The first-order chi connectivity index (χ1) is 14.4. The van der Waals surface area contributed by atoms with Crippen molar-refractivity contribution in [1.82, 2.24) is 9.55 Å². The highest BCUT2D eigenvalue weighted by Gasteiger charge is 2.46. The topological polar surface area (TPSA) is 218 Å². The molecule has 1 aromatic carbocycles. The Labute approximate surface area is 173 Å². The molecule has 2 heterocycles. The Balaban J connectivity index is 1.83. The van der Waals surface area contributed by atoms with Crippen LogP contribution in [0.15, 0.2) is 46.1 Å². The zero-order valence-electron chi connectivity index (χ0n) is 15.4. The highest BCUT2D eigenvalue weighted by Crippen LogP contribution is 2.57. The molecule has 3 rings (SSSR count). The van der Waals surface area contributed by atoms with Gasteiger partial charge in [-0.2, -0.15) is 4.31 Å². The van der Waals surface area contributed by atoms with E-state index in [9.17, 15) is 33.8 Å². The minimum atomic E-state index is -5.35. The number of benzene rings is 1. The number of ether oxygens (including phenoxy) is 1. The number of H-pyrrole nitrogens is 1. The summed E-state index contributed by atoms with van der Waals surface area (Å²) in [6.45, 7) is -0.924. The van der Waals surface area contributed by atoms with Crippen LogP contribution in [0.2, 0.25) is 0 Å². The maximum atomic E-state index is 12.3. The monoisotopic (exact) mass is 480 g/mol. The van der Waals surface area contributed by atoms with Crippen molar-refractivity contribution in [2.45, 2.75) is 24.5 Å². The number of rotatable bonds is 7. The molecule has 16 heteroatoms. The van der Waals surface area contributed by atoms with E-state index in [0.717, 1.165) is 10.8 Å². The average Bonchev–Trinajstić information content (AvgIpc) is 2.94. The zero-order valence-corrected chi connectivity index (χ0v) is 17.2. The number of nitrogens with zero attached hydrogens (tertiary/aromatic N) is 1. The Morgan fingerprint density at radius 2 is 1.71 bits per heavy atom. The predicted molar refractivity (Wildman–Crippen MR) is 102 cm³/mol. The van der Waals surface area contributed by atoms with Crippen LogP contribution in [-0.4, -0.2) is 59.4 Å². The minimum absolute atomic E-state index is 0.0695. The highest BCUT2D eigenvalue weighted by molar-refractivity contribution is 7.60. The van der Waals surface area contributed by atoms with Crippen molar-refractivity contribution in [2.75, 3.05) is 6.61 Å². The van der Waals surface area contributed by atoms with Crippen LogP contribution in [0.4, 0.5) is 0 Å². The number of aliphatic hydroxyl groups is 2. The fraction of sp³-hybridized carbons (Fsp3) is 0.333. The van der Waals surface area contributed by atoms with Crippen LogP contribution in [0.25, 0.3) is 11.1 Å². The van der Waals surface area contributed by atoms with E-state index in [4.69, 9.17) is 14.5 Å². The predicted octanol–water partition coefficient (Wildman–Crippen LogP) is -0.951. The first-order valence-corrected chi connectivity index (χ1v) is 11.6. The molecule has 0 amide bonds. The summed E-state index contributed by atoms with van der Waals surface area (Å²) in [4.78, 5) is 53.0. The minimum Gasteiger partial charge on any atom is -0.387 e. The normalized spacial score (nSPS) is 26.0. The van der Waals surface area contributed by atoms with Gasteiger partial charge in [-0.3, -0.25) is 18.9 Å². The summed E-state index contributed by atoms with van der Waals surface area (Å²) < 4.78 is 36.4. The molecule has 5 atom stereocenters. The van der Waals surface area contributed by atoms with Crippen LogP contribution in [0.3, 0.4) is 0 Å². The van der Waals surface area contributed by atoms with Gasteiger partial charge < -0.3 is 29.6 Å². The van der Waals surface area contributed by atoms with Crippen molar-refractivity contribution in [3.63, 3.8) is 0 Å². The molecule has 170 valence electrons. The van der Waals surface area contributed by atoms with Crippen molar-refractivity contribution < 1.29 is 47.6 Å². The summed E-state index contributed by atoms with van der Waals surface area (Å²) in [5.41, 5.74) is -1.13. The van der Waals surface area contributed by atoms with Crippen LogP contribution < -0.4 is 11.2 Å². The van der Waals surface area contributed by atoms with Gasteiger partial charge in [0.25, 0.3) is 5.56 Å². The summed E-state index contributed by atoms with van der Waals surface area (Å²) in [5, 5.41) is 20.4. The average molecular weight is 480 g/mol. The van der Waals surface area contributed by atoms with Gasteiger partial charge >= 0.3 is 21.3 Å². The summed E-state index contributed by atoms with van der Waals surface area (Å²) >= 11 is 0. The Morgan fingerprint density at radius 1 is 1.06 bits per heavy atom. The third-order valence-electron chi connectivity index (χ3n) is 4.28. The van der Waals surface area contributed by atoms with E-state index < -0.39 is 58.0 Å². The number of hydrogen-bond donors (Lipinski definition) is 6. The fourth-order valence-corrected chi connectivity index (χ4v) is 4.52. The number of hydrogen-bond acceptors (Lipinski definition) is 9. The smallest absolute Gasteiger partial charge is 0.387 e. The molecule has 6 N–H and O–H groups in total. The summed E-state index contributed by atoms with van der Waals surface area (Å²) in [5.74, 6) is 0. The molecule has 1 unspecified atom stereocenters. The second-order valence-electron chi connectivity index (χ2n) is 6.46. The molecular formula is C15H18N2O12P2. The second kappa shape index (κ2) is 8.88. The molecule has 0 saturated carbocycles. The zero-order chi connectivity index (χ0) is 23.0. The molecule has 31 heavy (non-hydrogen) atoms. The number of nitrogens with one attached hydrogen (secondary N) is 1. The number of phosphoric ester groups is 1. The van der Waals surface area contributed by atoms with Crippen LogP contribution in [0.5, 0.6) is 0 Å². The van der Waals surface area contributed by atoms with Crippen LogP contribution >= 0.6 is 15.6 Å². The maximum Gasteiger partial charge on any atom is 0.481 e. The Kier molecular flexibility index (Phi) is 6.79. The van der Waals surface area contributed by atoms with Gasteiger partial charge in [-0.15, -0.1) is 0 Å². The number of phosphoric acid groups is 2. The number of aromatic nitrogens is 2. The lowest BCUT2D eigenvalue weighted by Gasteiger charge is -2.18. The van der Waals surface area contributed by atoms with Crippen LogP contribution in [0.1, 0.15) is 6.23 Å². The third kappa shape index (κ3) is 5.64. The Hall–Kier alpha value is -1.96.